The van der Waals surface area contributed by atoms with E-state index in [9.17, 15) is 14.7 Å². The van der Waals surface area contributed by atoms with E-state index >= 15 is 0 Å². The van der Waals surface area contributed by atoms with Crippen molar-refractivity contribution in [2.45, 2.75) is 39.7 Å². The van der Waals surface area contributed by atoms with Crippen molar-refractivity contribution in [2.24, 2.45) is 0 Å². The summed E-state index contributed by atoms with van der Waals surface area (Å²) in [4.78, 5) is 24.2. The summed E-state index contributed by atoms with van der Waals surface area (Å²) < 4.78 is 0.998. The Bertz CT molecular complexity index is 636. The first kappa shape index (κ1) is 15.7. The first-order valence-electron chi connectivity index (χ1n) is 6.50. The predicted octanol–water partition coefficient (Wildman–Crippen LogP) is 2.29. The fraction of sp³-hybridized carbons (Fsp3) is 0.400. The molecular formula is C15H18N2O3. The van der Waals surface area contributed by atoms with E-state index < -0.39 is 5.56 Å². The quantitative estimate of drug-likeness (QED) is 0.637. The van der Waals surface area contributed by atoms with Crippen molar-refractivity contribution in [3.63, 3.8) is 0 Å². The molecule has 0 saturated heterocycles. The molecule has 0 spiro atoms. The Kier molecular flexibility index (Phi) is 5.27. The van der Waals surface area contributed by atoms with E-state index in [1.807, 2.05) is 13.0 Å². The van der Waals surface area contributed by atoms with Gasteiger partial charge in [-0.1, -0.05) is 19.4 Å². The highest BCUT2D eigenvalue weighted by Gasteiger charge is 2.22. The van der Waals surface area contributed by atoms with Crippen LogP contribution in [0.25, 0.3) is 0 Å². The third-order valence-electron chi connectivity index (χ3n) is 3.15. The molecule has 0 atom stereocenters. The lowest BCUT2D eigenvalue weighted by atomic mass is 9.98. The van der Waals surface area contributed by atoms with Crippen LogP contribution in [0.3, 0.4) is 0 Å². The summed E-state index contributed by atoms with van der Waals surface area (Å²) in [5, 5.41) is 19.2. The van der Waals surface area contributed by atoms with Gasteiger partial charge < -0.3 is 5.11 Å². The summed E-state index contributed by atoms with van der Waals surface area (Å²) in [5.41, 5.74) is -0.396. The topological polar surface area (TPSA) is 83.1 Å². The molecule has 5 heteroatoms. The van der Waals surface area contributed by atoms with E-state index in [1.165, 1.54) is 13.0 Å². The highest BCUT2D eigenvalue weighted by atomic mass is 16.3. The fourth-order valence-corrected chi connectivity index (χ4v) is 2.05. The van der Waals surface area contributed by atoms with Crippen molar-refractivity contribution in [3.8, 4) is 11.9 Å². The van der Waals surface area contributed by atoms with E-state index in [4.69, 9.17) is 5.26 Å². The summed E-state index contributed by atoms with van der Waals surface area (Å²) in [6, 6.07) is 1.81. The van der Waals surface area contributed by atoms with Crippen molar-refractivity contribution in [1.82, 2.24) is 4.57 Å². The number of aromatic nitrogens is 1. The van der Waals surface area contributed by atoms with Crippen molar-refractivity contribution in [2.75, 3.05) is 0 Å². The first-order valence-corrected chi connectivity index (χ1v) is 6.50. The van der Waals surface area contributed by atoms with Gasteiger partial charge in [0, 0.05) is 13.0 Å². The molecule has 0 amide bonds. The average Bonchev–Trinajstić information content (AvgIpc) is 2.41. The maximum Gasteiger partial charge on any atom is 0.271 e. The van der Waals surface area contributed by atoms with E-state index in [1.54, 1.807) is 0 Å². The van der Waals surface area contributed by atoms with Crippen LogP contribution in [-0.2, 0) is 6.54 Å². The van der Waals surface area contributed by atoms with E-state index in [-0.39, 0.29) is 41.3 Å². The molecule has 0 bridgehead atoms. The van der Waals surface area contributed by atoms with Gasteiger partial charge in [-0.25, -0.2) is 0 Å². The Balaban J connectivity index is 3.55. The number of hydrogen-bond donors (Lipinski definition) is 1. The zero-order valence-electron chi connectivity index (χ0n) is 11.8. The SMILES string of the molecule is C=CCn1c(O)c(C(=O)CCCC)c(C)c(C#N)c1=O. The minimum absolute atomic E-state index is 0.0493. The lowest BCUT2D eigenvalue weighted by molar-refractivity contribution is 0.0975. The third kappa shape index (κ3) is 2.80. The Labute approximate surface area is 117 Å². The minimum Gasteiger partial charge on any atom is -0.494 e. The van der Waals surface area contributed by atoms with Gasteiger partial charge in [-0.15, -0.1) is 6.58 Å². The second-order valence-corrected chi connectivity index (χ2v) is 4.54. The van der Waals surface area contributed by atoms with Gasteiger partial charge in [0.05, 0.1) is 5.56 Å². The maximum absolute atomic E-state index is 12.2. The lowest BCUT2D eigenvalue weighted by Crippen LogP contribution is -2.26. The molecule has 1 N–H and O–H groups in total. The number of nitrogens with zero attached hydrogens (tertiary/aromatic N) is 2. The van der Waals surface area contributed by atoms with Crippen LogP contribution in [0, 0.1) is 18.3 Å². The monoisotopic (exact) mass is 274 g/mol. The molecule has 0 aliphatic carbocycles. The number of ketones is 1. The highest BCUT2D eigenvalue weighted by Crippen LogP contribution is 2.23. The molecule has 106 valence electrons. The number of pyridine rings is 1. The molecule has 1 heterocycles. The third-order valence-corrected chi connectivity index (χ3v) is 3.15. The van der Waals surface area contributed by atoms with Gasteiger partial charge in [-0.3, -0.25) is 14.2 Å². The number of aromatic hydroxyl groups is 1. The number of Topliss-reactive ketones (excluding diaryl/α,β-unsaturated/α-hetero) is 1. The number of carbonyl (C=O) groups excluding carboxylic acids is 1. The molecule has 1 rings (SSSR count). The normalized spacial score (nSPS) is 10.1. The van der Waals surface area contributed by atoms with Crippen LogP contribution >= 0.6 is 0 Å². The number of carbonyl (C=O) groups is 1. The molecular weight excluding hydrogens is 256 g/mol. The van der Waals surface area contributed by atoms with Crippen molar-refractivity contribution >= 4 is 5.78 Å². The average molecular weight is 274 g/mol. The predicted molar refractivity (Wildman–Crippen MR) is 75.9 cm³/mol. The second kappa shape index (κ2) is 6.71. The molecule has 0 aliphatic heterocycles. The van der Waals surface area contributed by atoms with Crippen LogP contribution in [0.5, 0.6) is 5.88 Å². The van der Waals surface area contributed by atoms with Crippen LogP contribution in [-0.4, -0.2) is 15.5 Å². The van der Waals surface area contributed by atoms with Gasteiger partial charge in [-0.05, 0) is 18.9 Å². The standard InChI is InChI=1S/C15H18N2O3/c1-4-6-7-12(18)13-10(3)11(9-16)14(19)17(8-5-2)15(13)20/h5,20H,2,4,6-8H2,1,3H3. The van der Waals surface area contributed by atoms with E-state index in [2.05, 4.69) is 6.58 Å². The smallest absolute Gasteiger partial charge is 0.271 e. The van der Waals surface area contributed by atoms with E-state index in [0.29, 0.717) is 6.42 Å². The molecule has 1 aromatic heterocycles. The molecule has 0 radical (unpaired) electrons. The number of nitriles is 1. The zero-order valence-corrected chi connectivity index (χ0v) is 11.8. The van der Waals surface area contributed by atoms with Gasteiger partial charge in [0.1, 0.15) is 11.6 Å². The first-order chi connectivity index (χ1) is 9.49. The molecule has 0 fully saturated rings. The summed E-state index contributed by atoms with van der Waals surface area (Å²) in [5.74, 6) is -0.635. The van der Waals surface area contributed by atoms with Crippen molar-refractivity contribution < 1.29 is 9.90 Å². The largest absolute Gasteiger partial charge is 0.494 e. The van der Waals surface area contributed by atoms with Crippen molar-refractivity contribution in [3.05, 3.63) is 39.7 Å². The molecule has 20 heavy (non-hydrogen) atoms. The van der Waals surface area contributed by atoms with Crippen LogP contribution in [0.4, 0.5) is 0 Å². The van der Waals surface area contributed by atoms with Gasteiger partial charge >= 0.3 is 0 Å². The molecule has 0 saturated carbocycles. The highest BCUT2D eigenvalue weighted by molar-refractivity contribution is 5.99. The molecule has 0 aromatic carbocycles. The van der Waals surface area contributed by atoms with Crippen molar-refractivity contribution in [1.29, 1.82) is 5.26 Å². The lowest BCUT2D eigenvalue weighted by Gasteiger charge is -2.14. The molecule has 5 nitrogen and oxygen atoms in total. The second-order valence-electron chi connectivity index (χ2n) is 4.54. The Morgan fingerprint density at radius 2 is 2.20 bits per heavy atom. The van der Waals surface area contributed by atoms with Crippen LogP contribution in [0.1, 0.15) is 47.7 Å². The fourth-order valence-electron chi connectivity index (χ4n) is 2.05. The summed E-state index contributed by atoms with van der Waals surface area (Å²) >= 11 is 0. The van der Waals surface area contributed by atoms with Gasteiger partial charge in [-0.2, -0.15) is 5.26 Å². The number of allylic oxidation sites excluding steroid dienone is 1. The van der Waals surface area contributed by atoms with Crippen LogP contribution in [0.15, 0.2) is 17.4 Å². The minimum atomic E-state index is -0.602. The Hall–Kier alpha value is -2.35. The molecule has 1 aromatic rings. The molecule has 0 unspecified atom stereocenters. The van der Waals surface area contributed by atoms with E-state index in [0.717, 1.165) is 11.0 Å². The van der Waals surface area contributed by atoms with Gasteiger partial charge in [0.2, 0.25) is 5.88 Å². The van der Waals surface area contributed by atoms with Gasteiger partial charge in [0.25, 0.3) is 5.56 Å². The Morgan fingerprint density at radius 1 is 1.55 bits per heavy atom. The van der Waals surface area contributed by atoms with Gasteiger partial charge in [0.15, 0.2) is 5.78 Å². The number of rotatable bonds is 6. The van der Waals surface area contributed by atoms with Crippen LogP contribution < -0.4 is 5.56 Å². The van der Waals surface area contributed by atoms with Crippen LogP contribution in [0.2, 0.25) is 0 Å². The zero-order chi connectivity index (χ0) is 15.3. The summed E-state index contributed by atoms with van der Waals surface area (Å²) in [6.07, 6.45) is 3.25. The molecule has 0 aliphatic rings. The maximum atomic E-state index is 12.2. The number of unbranched alkanes of at least 4 members (excludes halogenated alkanes) is 1. The summed E-state index contributed by atoms with van der Waals surface area (Å²) in [6.45, 7) is 7.02. The Morgan fingerprint density at radius 3 is 2.70 bits per heavy atom. The summed E-state index contributed by atoms with van der Waals surface area (Å²) in [7, 11) is 0. The number of hydrogen-bond acceptors (Lipinski definition) is 4.